The second-order valence-corrected chi connectivity index (χ2v) is 4.64. The molecule has 0 rings (SSSR count). The van der Waals surface area contributed by atoms with Gasteiger partial charge in [-0.25, -0.2) is 10.3 Å². The van der Waals surface area contributed by atoms with Crippen LogP contribution in [0.1, 0.15) is 40.5 Å². The van der Waals surface area contributed by atoms with Gasteiger partial charge in [0.05, 0.1) is 0 Å². The summed E-state index contributed by atoms with van der Waals surface area (Å²) in [6.45, 7) is 7.79. The first kappa shape index (κ1) is 13.1. The van der Waals surface area contributed by atoms with Crippen LogP contribution in [0.2, 0.25) is 0 Å². The molecule has 0 aromatic heterocycles. The van der Waals surface area contributed by atoms with Crippen molar-refractivity contribution in [2.75, 3.05) is 0 Å². The molecule has 0 bridgehead atoms. The van der Waals surface area contributed by atoms with Crippen LogP contribution in [0.4, 0.5) is 0 Å². The predicted molar refractivity (Wildman–Crippen MR) is 54.4 cm³/mol. The van der Waals surface area contributed by atoms with E-state index in [0.29, 0.717) is 12.8 Å². The average molecular weight is 200 g/mol. The number of carboxylic acids is 1. The van der Waals surface area contributed by atoms with Crippen LogP contribution in [0.15, 0.2) is 5.11 Å². The van der Waals surface area contributed by atoms with Gasteiger partial charge in [-0.15, -0.1) is 0 Å². The number of carboxylic acid groups (broad SMARTS) is 1. The van der Waals surface area contributed by atoms with Crippen LogP contribution in [0, 0.1) is 17.4 Å². The van der Waals surface area contributed by atoms with E-state index in [0.717, 1.165) is 0 Å². The zero-order valence-corrected chi connectivity index (χ0v) is 9.37. The Kier molecular flexibility index (Phi) is 4.74. The third-order valence-electron chi connectivity index (χ3n) is 2.10. The molecule has 0 aliphatic rings. The molecule has 0 aliphatic carbocycles. The van der Waals surface area contributed by atoms with E-state index >= 15 is 0 Å². The lowest BCUT2D eigenvalue weighted by atomic mass is 9.83. The minimum absolute atomic E-state index is 0.235. The standard InChI is InChI=1S/C10H20N2O2/c1-7(2)5-10(12-11,9(13)14)6-8(3)4/h7-8,11H,5-6H2,1-4H3,(H,13,14). The molecular weight excluding hydrogens is 180 g/mol. The van der Waals surface area contributed by atoms with Crippen molar-refractivity contribution in [2.24, 2.45) is 17.0 Å². The van der Waals surface area contributed by atoms with Crippen molar-refractivity contribution in [3.8, 4) is 0 Å². The zero-order chi connectivity index (χ0) is 11.4. The fraction of sp³-hybridized carbons (Fsp3) is 0.900. The van der Waals surface area contributed by atoms with Gasteiger partial charge in [0.15, 0.2) is 5.54 Å². The van der Waals surface area contributed by atoms with Crippen LogP contribution in [0.5, 0.6) is 0 Å². The molecule has 0 heterocycles. The van der Waals surface area contributed by atoms with Gasteiger partial charge < -0.3 is 5.11 Å². The van der Waals surface area contributed by atoms with Gasteiger partial charge in [-0.2, -0.15) is 5.11 Å². The van der Waals surface area contributed by atoms with Gasteiger partial charge in [0.25, 0.3) is 0 Å². The molecule has 0 spiro atoms. The van der Waals surface area contributed by atoms with Crippen LogP contribution in [0.25, 0.3) is 0 Å². The van der Waals surface area contributed by atoms with Gasteiger partial charge in [0.2, 0.25) is 0 Å². The van der Waals surface area contributed by atoms with Gasteiger partial charge in [0, 0.05) is 0 Å². The van der Waals surface area contributed by atoms with E-state index in [1.54, 1.807) is 0 Å². The molecule has 0 fully saturated rings. The highest BCUT2D eigenvalue weighted by molar-refractivity contribution is 5.78. The second-order valence-electron chi connectivity index (χ2n) is 4.64. The molecule has 82 valence electrons. The SMILES string of the molecule is CC(C)CC(CC(C)C)(N=N)C(=O)O. The summed E-state index contributed by atoms with van der Waals surface area (Å²) < 4.78 is 0. The highest BCUT2D eigenvalue weighted by Gasteiger charge is 2.39. The summed E-state index contributed by atoms with van der Waals surface area (Å²) in [7, 11) is 0. The van der Waals surface area contributed by atoms with E-state index in [2.05, 4.69) is 5.11 Å². The maximum absolute atomic E-state index is 11.1. The summed E-state index contributed by atoms with van der Waals surface area (Å²) in [5, 5.41) is 12.5. The molecule has 0 radical (unpaired) electrons. The molecule has 0 amide bonds. The van der Waals surface area contributed by atoms with Gasteiger partial charge in [-0.05, 0) is 24.7 Å². The normalized spacial score (nSPS) is 12.1. The molecule has 2 N–H and O–H groups in total. The molecule has 0 aromatic rings. The number of carbonyl (C=O) groups is 1. The first-order valence-corrected chi connectivity index (χ1v) is 4.96. The van der Waals surface area contributed by atoms with Crippen LogP contribution in [-0.2, 0) is 4.79 Å². The van der Waals surface area contributed by atoms with Gasteiger partial charge in [-0.3, -0.25) is 0 Å². The Hall–Kier alpha value is -0.930. The minimum atomic E-state index is -1.21. The molecule has 4 heteroatoms. The fourth-order valence-corrected chi connectivity index (χ4v) is 1.75. The molecule has 0 aromatic carbocycles. The average Bonchev–Trinajstić information content (AvgIpc) is 2.00. The van der Waals surface area contributed by atoms with Crippen molar-refractivity contribution in [3.63, 3.8) is 0 Å². The monoisotopic (exact) mass is 200 g/mol. The largest absolute Gasteiger partial charge is 0.479 e. The number of hydrogen-bond donors (Lipinski definition) is 2. The first-order valence-electron chi connectivity index (χ1n) is 4.96. The van der Waals surface area contributed by atoms with Crippen molar-refractivity contribution in [1.82, 2.24) is 0 Å². The van der Waals surface area contributed by atoms with E-state index in [1.807, 2.05) is 27.7 Å². The van der Waals surface area contributed by atoms with Crippen LogP contribution < -0.4 is 0 Å². The highest BCUT2D eigenvalue weighted by Crippen LogP contribution is 2.29. The quantitative estimate of drug-likeness (QED) is 0.647. The molecule has 0 aliphatic heterocycles. The molecule has 0 atom stereocenters. The number of aliphatic carboxylic acids is 1. The Morgan fingerprint density at radius 3 is 1.79 bits per heavy atom. The fourth-order valence-electron chi connectivity index (χ4n) is 1.75. The van der Waals surface area contributed by atoms with Crippen LogP contribution >= 0.6 is 0 Å². The van der Waals surface area contributed by atoms with Gasteiger partial charge in [0.1, 0.15) is 0 Å². The van der Waals surface area contributed by atoms with Crippen molar-refractivity contribution in [2.45, 2.75) is 46.1 Å². The Morgan fingerprint density at radius 1 is 1.29 bits per heavy atom. The summed E-state index contributed by atoms with van der Waals surface area (Å²) in [4.78, 5) is 11.1. The zero-order valence-electron chi connectivity index (χ0n) is 9.37. The molecule has 0 saturated heterocycles. The second kappa shape index (κ2) is 5.08. The van der Waals surface area contributed by atoms with Gasteiger partial charge >= 0.3 is 5.97 Å². The number of nitrogens with one attached hydrogen (secondary N) is 1. The predicted octanol–water partition coefficient (Wildman–Crippen LogP) is 2.93. The van der Waals surface area contributed by atoms with Crippen molar-refractivity contribution >= 4 is 5.97 Å². The van der Waals surface area contributed by atoms with E-state index < -0.39 is 11.5 Å². The van der Waals surface area contributed by atoms with Crippen molar-refractivity contribution in [3.05, 3.63) is 0 Å². The third kappa shape index (κ3) is 3.44. The Morgan fingerprint density at radius 2 is 1.64 bits per heavy atom. The lowest BCUT2D eigenvalue weighted by Crippen LogP contribution is -2.39. The molecule has 0 saturated carbocycles. The van der Waals surface area contributed by atoms with Crippen molar-refractivity contribution in [1.29, 1.82) is 5.53 Å². The topological polar surface area (TPSA) is 73.5 Å². The minimum Gasteiger partial charge on any atom is -0.479 e. The number of rotatable bonds is 6. The van der Waals surface area contributed by atoms with Crippen LogP contribution in [0.3, 0.4) is 0 Å². The molecule has 4 nitrogen and oxygen atoms in total. The van der Waals surface area contributed by atoms with Crippen molar-refractivity contribution < 1.29 is 9.90 Å². The van der Waals surface area contributed by atoms with E-state index in [1.165, 1.54) is 0 Å². The molecular formula is C10H20N2O2. The third-order valence-corrected chi connectivity index (χ3v) is 2.10. The smallest absolute Gasteiger partial charge is 0.333 e. The number of hydrogen-bond acceptors (Lipinski definition) is 3. The lowest BCUT2D eigenvalue weighted by molar-refractivity contribution is -0.145. The van der Waals surface area contributed by atoms with E-state index in [4.69, 9.17) is 10.6 Å². The Balaban J connectivity index is 4.78. The van der Waals surface area contributed by atoms with E-state index in [-0.39, 0.29) is 11.8 Å². The summed E-state index contributed by atoms with van der Waals surface area (Å²) >= 11 is 0. The van der Waals surface area contributed by atoms with E-state index in [9.17, 15) is 4.79 Å². The van der Waals surface area contributed by atoms with Gasteiger partial charge in [-0.1, -0.05) is 27.7 Å². The maximum Gasteiger partial charge on any atom is 0.333 e. The first-order chi connectivity index (χ1) is 6.34. The summed E-state index contributed by atoms with van der Waals surface area (Å²) in [6, 6.07) is 0. The lowest BCUT2D eigenvalue weighted by Gasteiger charge is -2.26. The Bertz CT molecular complexity index is 202. The summed E-state index contributed by atoms with van der Waals surface area (Å²) in [6.07, 6.45) is 0.869. The summed E-state index contributed by atoms with van der Waals surface area (Å²) in [5.41, 5.74) is 5.86. The Labute approximate surface area is 85.2 Å². The van der Waals surface area contributed by atoms with Crippen LogP contribution in [-0.4, -0.2) is 16.6 Å². The molecule has 0 unspecified atom stereocenters. The number of nitrogens with zero attached hydrogens (tertiary/aromatic N) is 1. The highest BCUT2D eigenvalue weighted by atomic mass is 16.4. The maximum atomic E-state index is 11.1. The summed E-state index contributed by atoms with van der Waals surface area (Å²) in [5.74, 6) is -0.507. The molecule has 14 heavy (non-hydrogen) atoms.